The van der Waals surface area contributed by atoms with Crippen molar-refractivity contribution in [1.82, 2.24) is 19.5 Å². The number of aryl methyl sites for hydroxylation is 1. The SMILES string of the molecule is C=C(C)c1cccc(NC(=O)Nc2ccc(Oc3ccnc4c3[nH]c(=O)n4C)c3cccnc23)c1. The summed E-state index contributed by atoms with van der Waals surface area (Å²) >= 11 is 0. The van der Waals surface area contributed by atoms with Crippen LogP contribution in [0.3, 0.4) is 0 Å². The summed E-state index contributed by atoms with van der Waals surface area (Å²) < 4.78 is 7.58. The van der Waals surface area contributed by atoms with Crippen molar-refractivity contribution in [2.24, 2.45) is 7.05 Å². The highest BCUT2D eigenvalue weighted by molar-refractivity contribution is 6.06. The largest absolute Gasteiger partial charge is 0.454 e. The molecule has 0 aliphatic carbocycles. The fraction of sp³-hybridized carbons (Fsp3) is 0.0769. The number of aromatic nitrogens is 4. The highest BCUT2D eigenvalue weighted by Crippen LogP contribution is 2.35. The lowest BCUT2D eigenvalue weighted by atomic mass is 10.1. The summed E-state index contributed by atoms with van der Waals surface area (Å²) in [5.41, 5.74) is 4.29. The second-order valence-electron chi connectivity index (χ2n) is 8.05. The second-order valence-corrected chi connectivity index (χ2v) is 8.05. The minimum Gasteiger partial charge on any atom is -0.454 e. The molecule has 35 heavy (non-hydrogen) atoms. The van der Waals surface area contributed by atoms with E-state index in [2.05, 4.69) is 32.2 Å². The number of allylic oxidation sites excluding steroid dienone is 1. The zero-order valence-electron chi connectivity index (χ0n) is 19.1. The monoisotopic (exact) mass is 466 g/mol. The van der Waals surface area contributed by atoms with Crippen LogP contribution in [0.5, 0.6) is 11.5 Å². The van der Waals surface area contributed by atoms with E-state index >= 15 is 0 Å². The molecule has 9 nitrogen and oxygen atoms in total. The van der Waals surface area contributed by atoms with Gasteiger partial charge in [-0.05, 0) is 48.9 Å². The molecular weight excluding hydrogens is 444 g/mol. The zero-order chi connectivity index (χ0) is 24.5. The van der Waals surface area contributed by atoms with Crippen LogP contribution in [0.15, 0.2) is 78.4 Å². The molecule has 2 aromatic carbocycles. The smallest absolute Gasteiger partial charge is 0.327 e. The number of carbonyl (C=O) groups is 1. The molecule has 0 unspecified atom stereocenters. The van der Waals surface area contributed by atoms with Gasteiger partial charge in [-0.15, -0.1) is 0 Å². The van der Waals surface area contributed by atoms with Crippen molar-refractivity contribution in [2.75, 3.05) is 10.6 Å². The number of urea groups is 1. The van der Waals surface area contributed by atoms with Gasteiger partial charge in [-0.2, -0.15) is 0 Å². The number of fused-ring (bicyclic) bond motifs is 2. The number of anilines is 2. The molecule has 3 aromatic heterocycles. The van der Waals surface area contributed by atoms with Gasteiger partial charge >= 0.3 is 11.7 Å². The van der Waals surface area contributed by atoms with Crippen molar-refractivity contribution in [3.63, 3.8) is 0 Å². The van der Waals surface area contributed by atoms with E-state index in [9.17, 15) is 9.59 Å². The van der Waals surface area contributed by atoms with E-state index in [4.69, 9.17) is 4.74 Å². The van der Waals surface area contributed by atoms with E-state index in [1.165, 1.54) is 4.57 Å². The van der Waals surface area contributed by atoms with Crippen LogP contribution in [0.1, 0.15) is 12.5 Å². The molecule has 0 saturated heterocycles. The van der Waals surface area contributed by atoms with E-state index in [-0.39, 0.29) is 5.69 Å². The lowest BCUT2D eigenvalue weighted by molar-refractivity contribution is 0.262. The second kappa shape index (κ2) is 8.79. The molecule has 3 N–H and O–H groups in total. The van der Waals surface area contributed by atoms with E-state index in [1.807, 2.05) is 37.3 Å². The number of nitrogens with zero attached hydrogens (tertiary/aromatic N) is 3. The Kier molecular flexibility index (Phi) is 5.50. The predicted octanol–water partition coefficient (Wildman–Crippen LogP) is 5.28. The molecule has 0 radical (unpaired) electrons. The molecule has 0 aliphatic heterocycles. The number of nitrogens with one attached hydrogen (secondary N) is 3. The molecule has 0 saturated carbocycles. The first kappa shape index (κ1) is 21.9. The number of amides is 2. The maximum atomic E-state index is 12.7. The van der Waals surface area contributed by atoms with Gasteiger partial charge in [0.2, 0.25) is 0 Å². The topological polar surface area (TPSA) is 114 Å². The fourth-order valence-electron chi connectivity index (χ4n) is 3.78. The van der Waals surface area contributed by atoms with Crippen molar-refractivity contribution in [3.05, 3.63) is 89.6 Å². The van der Waals surface area contributed by atoms with Crippen LogP contribution >= 0.6 is 0 Å². The molecule has 0 atom stereocenters. The van der Waals surface area contributed by atoms with Gasteiger partial charge in [0.15, 0.2) is 11.4 Å². The Hall–Kier alpha value is -4.92. The Morgan fingerprint density at radius 2 is 1.89 bits per heavy atom. The van der Waals surface area contributed by atoms with Gasteiger partial charge in [0.1, 0.15) is 11.3 Å². The van der Waals surface area contributed by atoms with Gasteiger partial charge in [-0.1, -0.05) is 24.3 Å². The molecule has 9 heteroatoms. The summed E-state index contributed by atoms with van der Waals surface area (Å²) in [6, 6.07) is 15.8. The molecule has 174 valence electrons. The predicted molar refractivity (Wildman–Crippen MR) is 137 cm³/mol. The van der Waals surface area contributed by atoms with Crippen molar-refractivity contribution in [1.29, 1.82) is 0 Å². The lowest BCUT2D eigenvalue weighted by Gasteiger charge is -2.13. The first-order valence-electron chi connectivity index (χ1n) is 10.8. The Balaban J connectivity index is 1.44. The minimum absolute atomic E-state index is 0.283. The maximum Gasteiger partial charge on any atom is 0.327 e. The highest BCUT2D eigenvalue weighted by Gasteiger charge is 2.15. The molecule has 0 fully saturated rings. The number of hydrogen-bond donors (Lipinski definition) is 3. The Labute approximate surface area is 200 Å². The molecule has 0 aliphatic rings. The number of ether oxygens (including phenoxy) is 1. The summed E-state index contributed by atoms with van der Waals surface area (Å²) in [6.07, 6.45) is 3.22. The number of aromatic amines is 1. The van der Waals surface area contributed by atoms with E-state index < -0.39 is 6.03 Å². The quantitative estimate of drug-likeness (QED) is 0.326. The average Bonchev–Trinajstić information content (AvgIpc) is 3.15. The minimum atomic E-state index is -0.401. The van der Waals surface area contributed by atoms with Crippen molar-refractivity contribution in [2.45, 2.75) is 6.92 Å². The van der Waals surface area contributed by atoms with E-state index in [1.54, 1.807) is 43.7 Å². The number of pyridine rings is 2. The third-order valence-electron chi connectivity index (χ3n) is 5.56. The van der Waals surface area contributed by atoms with Crippen LogP contribution < -0.4 is 21.1 Å². The molecular formula is C26H22N6O3. The van der Waals surface area contributed by atoms with Crippen LogP contribution in [0.2, 0.25) is 0 Å². The van der Waals surface area contributed by atoms with Gasteiger partial charge in [0.05, 0.1) is 11.2 Å². The number of benzene rings is 2. The number of H-pyrrole nitrogens is 1. The van der Waals surface area contributed by atoms with Crippen LogP contribution in [0.25, 0.3) is 27.6 Å². The van der Waals surface area contributed by atoms with Gasteiger partial charge in [-0.3, -0.25) is 9.55 Å². The van der Waals surface area contributed by atoms with E-state index in [0.29, 0.717) is 44.9 Å². The summed E-state index contributed by atoms with van der Waals surface area (Å²) in [5.74, 6) is 0.971. The summed E-state index contributed by atoms with van der Waals surface area (Å²) in [4.78, 5) is 36.2. The molecule has 2 amide bonds. The average molecular weight is 467 g/mol. The van der Waals surface area contributed by atoms with Crippen LogP contribution in [0, 0.1) is 0 Å². The van der Waals surface area contributed by atoms with E-state index in [0.717, 1.165) is 11.1 Å². The third kappa shape index (κ3) is 4.22. The molecule has 5 rings (SSSR count). The van der Waals surface area contributed by atoms with Crippen molar-refractivity contribution >= 4 is 45.0 Å². The van der Waals surface area contributed by atoms with Crippen LogP contribution in [-0.2, 0) is 7.05 Å². The summed E-state index contributed by atoms with van der Waals surface area (Å²) in [6.45, 7) is 5.85. The van der Waals surface area contributed by atoms with Gasteiger partial charge in [-0.25, -0.2) is 14.6 Å². The Morgan fingerprint density at radius 1 is 1.03 bits per heavy atom. The number of hydrogen-bond acceptors (Lipinski definition) is 5. The molecule has 5 aromatic rings. The van der Waals surface area contributed by atoms with Crippen molar-refractivity contribution < 1.29 is 9.53 Å². The molecule has 3 heterocycles. The number of imidazole rings is 1. The molecule has 0 bridgehead atoms. The summed E-state index contributed by atoms with van der Waals surface area (Å²) in [5, 5.41) is 6.39. The van der Waals surface area contributed by atoms with Crippen molar-refractivity contribution in [3.8, 4) is 11.5 Å². The lowest BCUT2D eigenvalue weighted by Crippen LogP contribution is -2.19. The first-order chi connectivity index (χ1) is 16.9. The number of rotatable bonds is 5. The fourth-order valence-corrected chi connectivity index (χ4v) is 3.78. The van der Waals surface area contributed by atoms with Crippen LogP contribution in [0.4, 0.5) is 16.2 Å². The Morgan fingerprint density at radius 3 is 2.71 bits per heavy atom. The Bertz CT molecular complexity index is 1670. The van der Waals surface area contributed by atoms with Gasteiger partial charge in [0.25, 0.3) is 0 Å². The third-order valence-corrected chi connectivity index (χ3v) is 5.56. The highest BCUT2D eigenvalue weighted by atomic mass is 16.5. The van der Waals surface area contributed by atoms with Crippen LogP contribution in [-0.4, -0.2) is 25.6 Å². The first-order valence-corrected chi connectivity index (χ1v) is 10.8. The van der Waals surface area contributed by atoms with Gasteiger partial charge < -0.3 is 20.4 Å². The zero-order valence-corrected chi connectivity index (χ0v) is 19.1. The summed E-state index contributed by atoms with van der Waals surface area (Å²) in [7, 11) is 1.64. The standard InChI is InChI=1S/C26H22N6O3/c1-15(2)16-6-4-7-17(14-16)29-25(33)30-19-9-10-20(18-8-5-12-27-22(18)19)35-21-11-13-28-24-23(21)31-26(34)32(24)3/h4-14H,1H2,2-3H3,(H,31,34)(H2,29,30,33). The maximum absolute atomic E-state index is 12.7. The normalized spacial score (nSPS) is 10.9. The number of carbonyl (C=O) groups excluding carboxylic acids is 1. The van der Waals surface area contributed by atoms with Gasteiger partial charge in [0, 0.05) is 36.6 Å². The molecule has 0 spiro atoms.